The fraction of sp³-hybridized carbons (Fsp3) is 0.867. The molecule has 1 rings (SSSR count). The largest absolute Gasteiger partial charge is 0.342 e. The Labute approximate surface area is 116 Å². The Balaban J connectivity index is 2.90. The van der Waals surface area contributed by atoms with Gasteiger partial charge in [0.25, 0.3) is 0 Å². The van der Waals surface area contributed by atoms with Gasteiger partial charge >= 0.3 is 0 Å². The SMILES string of the molecule is CC(C)C1NC(=O)C(C)N(CC(C)C(C)(C)C)C1=O. The summed E-state index contributed by atoms with van der Waals surface area (Å²) < 4.78 is 0. The van der Waals surface area contributed by atoms with Gasteiger partial charge in [-0.15, -0.1) is 0 Å². The van der Waals surface area contributed by atoms with E-state index in [1.807, 2.05) is 13.8 Å². The van der Waals surface area contributed by atoms with Crippen LogP contribution in [0.25, 0.3) is 0 Å². The molecule has 0 radical (unpaired) electrons. The number of carbonyl (C=O) groups excluding carboxylic acids is 2. The van der Waals surface area contributed by atoms with E-state index in [0.29, 0.717) is 12.5 Å². The van der Waals surface area contributed by atoms with Crippen molar-refractivity contribution in [1.82, 2.24) is 10.2 Å². The number of piperazine rings is 1. The van der Waals surface area contributed by atoms with Gasteiger partial charge in [-0.2, -0.15) is 0 Å². The molecule has 0 aromatic heterocycles. The maximum Gasteiger partial charge on any atom is 0.246 e. The first kappa shape index (κ1) is 16.0. The highest BCUT2D eigenvalue weighted by Gasteiger charge is 2.40. The first-order valence-electron chi connectivity index (χ1n) is 7.16. The van der Waals surface area contributed by atoms with Crippen molar-refractivity contribution in [2.24, 2.45) is 17.3 Å². The quantitative estimate of drug-likeness (QED) is 0.851. The van der Waals surface area contributed by atoms with Crippen molar-refractivity contribution >= 4 is 11.8 Å². The molecule has 0 aliphatic carbocycles. The Morgan fingerprint density at radius 1 is 1.21 bits per heavy atom. The molecule has 3 unspecified atom stereocenters. The molecule has 19 heavy (non-hydrogen) atoms. The summed E-state index contributed by atoms with van der Waals surface area (Å²) in [4.78, 5) is 26.2. The molecule has 1 aliphatic rings. The zero-order valence-corrected chi connectivity index (χ0v) is 13.3. The van der Waals surface area contributed by atoms with Crippen LogP contribution in [0.5, 0.6) is 0 Å². The molecule has 0 aromatic rings. The van der Waals surface area contributed by atoms with Crippen molar-refractivity contribution in [3.05, 3.63) is 0 Å². The van der Waals surface area contributed by atoms with Crippen molar-refractivity contribution in [3.8, 4) is 0 Å². The van der Waals surface area contributed by atoms with E-state index in [0.717, 1.165) is 0 Å². The Morgan fingerprint density at radius 2 is 1.74 bits per heavy atom. The van der Waals surface area contributed by atoms with E-state index in [1.165, 1.54) is 0 Å². The van der Waals surface area contributed by atoms with Gasteiger partial charge in [0.2, 0.25) is 11.8 Å². The highest BCUT2D eigenvalue weighted by molar-refractivity contribution is 5.96. The molecular weight excluding hydrogens is 240 g/mol. The minimum absolute atomic E-state index is 0.0422. The van der Waals surface area contributed by atoms with Crippen LogP contribution in [0.15, 0.2) is 0 Å². The summed E-state index contributed by atoms with van der Waals surface area (Å²) in [6, 6.07) is -0.747. The van der Waals surface area contributed by atoms with Crippen molar-refractivity contribution in [3.63, 3.8) is 0 Å². The predicted molar refractivity (Wildman–Crippen MR) is 76.6 cm³/mol. The lowest BCUT2D eigenvalue weighted by Crippen LogP contribution is -2.64. The topological polar surface area (TPSA) is 49.4 Å². The number of hydrogen-bond acceptors (Lipinski definition) is 2. The lowest BCUT2D eigenvalue weighted by molar-refractivity contribution is -0.151. The monoisotopic (exact) mass is 268 g/mol. The van der Waals surface area contributed by atoms with Crippen LogP contribution in [0, 0.1) is 17.3 Å². The lowest BCUT2D eigenvalue weighted by atomic mass is 9.81. The Morgan fingerprint density at radius 3 is 2.16 bits per heavy atom. The number of carbonyl (C=O) groups is 2. The third kappa shape index (κ3) is 3.48. The number of nitrogens with one attached hydrogen (secondary N) is 1. The van der Waals surface area contributed by atoms with E-state index in [2.05, 4.69) is 33.0 Å². The first-order valence-corrected chi connectivity index (χ1v) is 7.16. The zero-order chi connectivity index (χ0) is 15.0. The van der Waals surface area contributed by atoms with Crippen LogP contribution in [0.2, 0.25) is 0 Å². The van der Waals surface area contributed by atoms with Crippen molar-refractivity contribution in [2.45, 2.75) is 60.5 Å². The molecule has 1 saturated heterocycles. The Hall–Kier alpha value is -1.06. The van der Waals surface area contributed by atoms with Crippen LogP contribution >= 0.6 is 0 Å². The normalized spacial score (nSPS) is 26.6. The number of amides is 2. The summed E-state index contributed by atoms with van der Waals surface area (Å²) in [5, 5.41) is 2.83. The zero-order valence-electron chi connectivity index (χ0n) is 13.3. The standard InChI is InChI=1S/C15H28N2O2/c1-9(2)12-14(19)17(11(4)13(18)16-12)8-10(3)15(5,6)7/h9-12H,8H2,1-7H3,(H,16,18). The fourth-order valence-corrected chi connectivity index (χ4v) is 2.12. The summed E-state index contributed by atoms with van der Waals surface area (Å²) in [6.07, 6.45) is 0. The summed E-state index contributed by atoms with van der Waals surface area (Å²) in [5.41, 5.74) is 0.126. The van der Waals surface area contributed by atoms with Gasteiger partial charge in [0, 0.05) is 6.54 Å². The second kappa shape index (κ2) is 5.51. The first-order chi connectivity index (χ1) is 8.55. The van der Waals surface area contributed by atoms with Gasteiger partial charge in [0.1, 0.15) is 12.1 Å². The average molecular weight is 268 g/mol. The smallest absolute Gasteiger partial charge is 0.246 e. The highest BCUT2D eigenvalue weighted by Crippen LogP contribution is 2.28. The van der Waals surface area contributed by atoms with E-state index in [1.54, 1.807) is 11.8 Å². The van der Waals surface area contributed by atoms with Crippen LogP contribution in [0.3, 0.4) is 0 Å². The van der Waals surface area contributed by atoms with E-state index in [4.69, 9.17) is 0 Å². The number of hydrogen-bond donors (Lipinski definition) is 1. The second-order valence-corrected chi connectivity index (χ2v) is 7.16. The summed E-state index contributed by atoms with van der Waals surface area (Å²) in [7, 11) is 0. The molecule has 0 bridgehead atoms. The van der Waals surface area contributed by atoms with Gasteiger partial charge in [-0.3, -0.25) is 9.59 Å². The van der Waals surface area contributed by atoms with Crippen molar-refractivity contribution in [2.75, 3.05) is 6.54 Å². The third-order valence-electron chi connectivity index (χ3n) is 4.31. The molecule has 4 heteroatoms. The molecule has 0 spiro atoms. The van der Waals surface area contributed by atoms with E-state index < -0.39 is 0 Å². The number of nitrogens with zero attached hydrogens (tertiary/aromatic N) is 1. The maximum absolute atomic E-state index is 12.5. The Kier molecular flexibility index (Phi) is 4.64. The van der Waals surface area contributed by atoms with Crippen LogP contribution < -0.4 is 5.32 Å². The lowest BCUT2D eigenvalue weighted by Gasteiger charge is -2.42. The minimum atomic E-state index is -0.379. The molecule has 0 aromatic carbocycles. The van der Waals surface area contributed by atoms with E-state index in [9.17, 15) is 9.59 Å². The minimum Gasteiger partial charge on any atom is -0.342 e. The molecule has 1 N–H and O–H groups in total. The van der Waals surface area contributed by atoms with Crippen LogP contribution in [0.4, 0.5) is 0 Å². The molecule has 4 nitrogen and oxygen atoms in total. The molecular formula is C15H28N2O2. The average Bonchev–Trinajstić information content (AvgIpc) is 2.27. The van der Waals surface area contributed by atoms with Crippen LogP contribution in [-0.4, -0.2) is 35.3 Å². The van der Waals surface area contributed by atoms with Gasteiger partial charge < -0.3 is 10.2 Å². The molecule has 1 fully saturated rings. The molecule has 1 heterocycles. The Bertz CT molecular complexity index is 358. The van der Waals surface area contributed by atoms with Gasteiger partial charge in [0.05, 0.1) is 0 Å². The van der Waals surface area contributed by atoms with E-state index in [-0.39, 0.29) is 35.2 Å². The van der Waals surface area contributed by atoms with Gasteiger partial charge in [-0.1, -0.05) is 41.5 Å². The maximum atomic E-state index is 12.5. The molecule has 0 saturated carbocycles. The summed E-state index contributed by atoms with van der Waals surface area (Å²) in [5.74, 6) is 0.478. The molecule has 3 atom stereocenters. The van der Waals surface area contributed by atoms with Crippen molar-refractivity contribution < 1.29 is 9.59 Å². The summed E-state index contributed by atoms with van der Waals surface area (Å²) in [6.45, 7) is 15.0. The molecule has 1 aliphatic heterocycles. The molecule has 2 amide bonds. The highest BCUT2D eigenvalue weighted by atomic mass is 16.2. The van der Waals surface area contributed by atoms with Crippen LogP contribution in [-0.2, 0) is 9.59 Å². The van der Waals surface area contributed by atoms with Gasteiger partial charge in [-0.05, 0) is 24.2 Å². The van der Waals surface area contributed by atoms with Crippen LogP contribution in [0.1, 0.15) is 48.5 Å². The fourth-order valence-electron chi connectivity index (χ4n) is 2.12. The second-order valence-electron chi connectivity index (χ2n) is 7.16. The van der Waals surface area contributed by atoms with Gasteiger partial charge in [0.15, 0.2) is 0 Å². The number of rotatable bonds is 3. The third-order valence-corrected chi connectivity index (χ3v) is 4.31. The predicted octanol–water partition coefficient (Wildman–Crippen LogP) is 2.04. The van der Waals surface area contributed by atoms with Crippen molar-refractivity contribution in [1.29, 1.82) is 0 Å². The molecule has 110 valence electrons. The summed E-state index contributed by atoms with van der Waals surface area (Å²) >= 11 is 0. The van der Waals surface area contributed by atoms with E-state index >= 15 is 0 Å². The van der Waals surface area contributed by atoms with Gasteiger partial charge in [-0.25, -0.2) is 0 Å².